The molecule has 2 aliphatic rings. The topological polar surface area (TPSA) is 69.8 Å². The fraction of sp³-hybridized carbons (Fsp3) is 0.483. The second-order valence-electron chi connectivity index (χ2n) is 10.4. The van der Waals surface area contributed by atoms with Gasteiger partial charge in [0.15, 0.2) is 0 Å². The van der Waals surface area contributed by atoms with Gasteiger partial charge in [-0.2, -0.15) is 13.2 Å². The van der Waals surface area contributed by atoms with E-state index in [0.717, 1.165) is 48.2 Å². The lowest BCUT2D eigenvalue weighted by Crippen LogP contribution is -2.48. The van der Waals surface area contributed by atoms with Gasteiger partial charge in [-0.15, -0.1) is 0 Å². The Labute approximate surface area is 226 Å². The number of halogens is 3. The van der Waals surface area contributed by atoms with Crippen molar-refractivity contribution in [2.75, 3.05) is 59.1 Å². The summed E-state index contributed by atoms with van der Waals surface area (Å²) in [4.78, 5) is 21.1. The number of carbonyl (C=O) groups is 1. The van der Waals surface area contributed by atoms with E-state index in [0.29, 0.717) is 45.8 Å². The lowest BCUT2D eigenvalue weighted by atomic mass is 9.88. The molecule has 2 saturated heterocycles. The molecule has 7 nitrogen and oxygen atoms in total. The number of para-hydroxylation sites is 1. The van der Waals surface area contributed by atoms with Crippen LogP contribution in [0.2, 0.25) is 0 Å². The van der Waals surface area contributed by atoms with Gasteiger partial charge in [-0.25, -0.2) is 0 Å². The van der Waals surface area contributed by atoms with E-state index < -0.39 is 11.7 Å². The van der Waals surface area contributed by atoms with Gasteiger partial charge in [0, 0.05) is 68.8 Å². The summed E-state index contributed by atoms with van der Waals surface area (Å²) in [5, 5.41) is 4.25. The van der Waals surface area contributed by atoms with Gasteiger partial charge in [0.25, 0.3) is 0 Å². The quantitative estimate of drug-likeness (QED) is 0.424. The number of aromatic amines is 1. The van der Waals surface area contributed by atoms with E-state index in [1.807, 2.05) is 24.4 Å². The summed E-state index contributed by atoms with van der Waals surface area (Å²) in [5.74, 6) is -0.0432. The van der Waals surface area contributed by atoms with Gasteiger partial charge < -0.3 is 19.8 Å². The second kappa shape index (κ2) is 12.4. The van der Waals surface area contributed by atoms with Crippen LogP contribution < -0.4 is 10.1 Å². The fourth-order valence-electron chi connectivity index (χ4n) is 5.53. The van der Waals surface area contributed by atoms with Crippen molar-refractivity contribution in [1.82, 2.24) is 20.1 Å². The highest BCUT2D eigenvalue weighted by atomic mass is 19.4. The van der Waals surface area contributed by atoms with Crippen LogP contribution in [0.1, 0.15) is 17.5 Å². The van der Waals surface area contributed by atoms with Crippen LogP contribution in [0.3, 0.4) is 0 Å². The average Bonchev–Trinajstić information content (AvgIpc) is 3.34. The molecule has 0 radical (unpaired) electrons. The number of nitrogens with zero attached hydrogens (tertiary/aromatic N) is 2. The second-order valence-corrected chi connectivity index (χ2v) is 10.4. The first-order valence-electron chi connectivity index (χ1n) is 13.5. The minimum Gasteiger partial charge on any atom is -0.493 e. The zero-order valence-electron chi connectivity index (χ0n) is 21.9. The predicted octanol–water partition coefficient (Wildman–Crippen LogP) is 4.15. The number of amides is 1. The molecule has 2 aromatic carbocycles. The zero-order chi connectivity index (χ0) is 27.2. The fourth-order valence-corrected chi connectivity index (χ4v) is 5.53. The number of morpholine rings is 1. The SMILES string of the molecule is O=C(NCCN1CCOCC1)[C@@H]1C[C@H](COc2cccc(C(F)(F)F)c2)CN(Cc2c[nH]c3ccccc23)C1. The van der Waals surface area contributed by atoms with Gasteiger partial charge in [0.2, 0.25) is 5.91 Å². The van der Waals surface area contributed by atoms with Gasteiger partial charge in [0.1, 0.15) is 5.75 Å². The maximum Gasteiger partial charge on any atom is 0.416 e. The summed E-state index contributed by atoms with van der Waals surface area (Å²) in [6, 6.07) is 13.1. The van der Waals surface area contributed by atoms with Crippen molar-refractivity contribution in [2.24, 2.45) is 11.8 Å². The number of rotatable bonds is 9. The summed E-state index contributed by atoms with van der Waals surface area (Å²) in [5.41, 5.74) is 1.48. The van der Waals surface area contributed by atoms with E-state index >= 15 is 0 Å². The van der Waals surface area contributed by atoms with E-state index in [2.05, 4.69) is 26.2 Å². The Kier molecular flexibility index (Phi) is 8.74. The number of alkyl halides is 3. The first kappa shape index (κ1) is 27.5. The van der Waals surface area contributed by atoms with Crippen LogP contribution >= 0.6 is 0 Å². The van der Waals surface area contributed by atoms with Crippen molar-refractivity contribution in [3.05, 3.63) is 65.9 Å². The number of hydrogen-bond acceptors (Lipinski definition) is 5. The minimum atomic E-state index is -4.43. The van der Waals surface area contributed by atoms with E-state index in [-0.39, 0.29) is 30.1 Å². The molecule has 2 N–H and O–H groups in total. The lowest BCUT2D eigenvalue weighted by molar-refractivity contribution is -0.137. The maximum atomic E-state index is 13.2. The molecule has 0 aliphatic carbocycles. The van der Waals surface area contributed by atoms with Crippen molar-refractivity contribution < 1.29 is 27.4 Å². The van der Waals surface area contributed by atoms with Crippen LogP contribution in [0.5, 0.6) is 5.75 Å². The van der Waals surface area contributed by atoms with E-state index in [4.69, 9.17) is 9.47 Å². The minimum absolute atomic E-state index is 0.00603. The highest BCUT2D eigenvalue weighted by Crippen LogP contribution is 2.32. The Morgan fingerprint density at radius 2 is 1.90 bits per heavy atom. The Hall–Kier alpha value is -3.08. The molecule has 39 heavy (non-hydrogen) atoms. The molecule has 2 atom stereocenters. The van der Waals surface area contributed by atoms with E-state index in [9.17, 15) is 18.0 Å². The van der Waals surface area contributed by atoms with Crippen molar-refractivity contribution in [2.45, 2.75) is 19.1 Å². The third-order valence-corrected chi connectivity index (χ3v) is 7.53. The summed E-state index contributed by atoms with van der Waals surface area (Å²) in [6.45, 7) is 6.73. The average molecular weight is 545 g/mol. The standard InChI is InChI=1S/C29H35F3N4O3/c30-29(31,32)24-4-3-5-25(15-24)39-20-21-14-22(28(37)33-8-9-35-10-12-38-13-11-35)18-36(17-21)19-23-16-34-27-7-2-1-6-26(23)27/h1-7,15-16,21-22,34H,8-14,17-20H2,(H,33,37)/t21-,22+/m0/s1. The van der Waals surface area contributed by atoms with Crippen LogP contribution in [0.25, 0.3) is 10.9 Å². The Morgan fingerprint density at radius 3 is 2.72 bits per heavy atom. The molecule has 0 saturated carbocycles. The number of fused-ring (bicyclic) bond motifs is 1. The molecule has 0 unspecified atom stereocenters. The van der Waals surface area contributed by atoms with E-state index in [1.54, 1.807) is 0 Å². The maximum absolute atomic E-state index is 13.2. The molecule has 3 heterocycles. The van der Waals surface area contributed by atoms with Gasteiger partial charge in [-0.3, -0.25) is 14.6 Å². The highest BCUT2D eigenvalue weighted by Gasteiger charge is 2.33. The molecule has 0 spiro atoms. The predicted molar refractivity (Wildman–Crippen MR) is 142 cm³/mol. The van der Waals surface area contributed by atoms with Crippen molar-refractivity contribution >= 4 is 16.8 Å². The summed E-state index contributed by atoms with van der Waals surface area (Å²) < 4.78 is 50.7. The van der Waals surface area contributed by atoms with Crippen LogP contribution in [0.15, 0.2) is 54.7 Å². The molecule has 2 aliphatic heterocycles. The molecule has 0 bridgehead atoms. The van der Waals surface area contributed by atoms with Gasteiger partial charge >= 0.3 is 6.18 Å². The van der Waals surface area contributed by atoms with Crippen LogP contribution in [-0.2, 0) is 22.3 Å². The molecular weight excluding hydrogens is 509 g/mol. The number of benzene rings is 2. The summed E-state index contributed by atoms with van der Waals surface area (Å²) >= 11 is 0. The van der Waals surface area contributed by atoms with E-state index in [1.165, 1.54) is 12.1 Å². The van der Waals surface area contributed by atoms with Crippen molar-refractivity contribution in [3.8, 4) is 5.75 Å². The number of ether oxygens (including phenoxy) is 2. The number of H-pyrrole nitrogens is 1. The van der Waals surface area contributed by atoms with Crippen molar-refractivity contribution in [3.63, 3.8) is 0 Å². The van der Waals surface area contributed by atoms with Gasteiger partial charge in [-0.1, -0.05) is 24.3 Å². The number of aromatic nitrogens is 1. The lowest BCUT2D eigenvalue weighted by Gasteiger charge is -2.37. The molecule has 1 aromatic heterocycles. The molecule has 1 amide bonds. The largest absolute Gasteiger partial charge is 0.493 e. The van der Waals surface area contributed by atoms with Gasteiger partial charge in [0.05, 0.1) is 31.3 Å². The number of likely N-dealkylation sites (tertiary alicyclic amines) is 1. The first-order valence-corrected chi connectivity index (χ1v) is 13.5. The van der Waals surface area contributed by atoms with Crippen LogP contribution in [-0.4, -0.2) is 79.8 Å². The third-order valence-electron chi connectivity index (χ3n) is 7.53. The number of carbonyl (C=O) groups excluding carboxylic acids is 1. The number of nitrogens with one attached hydrogen (secondary N) is 2. The monoisotopic (exact) mass is 544 g/mol. The molecule has 210 valence electrons. The van der Waals surface area contributed by atoms with Crippen molar-refractivity contribution in [1.29, 1.82) is 0 Å². The zero-order valence-corrected chi connectivity index (χ0v) is 21.9. The summed E-state index contributed by atoms with van der Waals surface area (Å²) in [6.07, 6.45) is -1.80. The Balaban J connectivity index is 1.24. The molecular formula is C29H35F3N4O3. The van der Waals surface area contributed by atoms with Crippen LogP contribution in [0.4, 0.5) is 13.2 Å². The molecule has 3 aromatic rings. The number of hydrogen-bond donors (Lipinski definition) is 2. The normalized spacial score (nSPS) is 21.2. The summed E-state index contributed by atoms with van der Waals surface area (Å²) in [7, 11) is 0. The molecule has 10 heteroatoms. The van der Waals surface area contributed by atoms with Crippen LogP contribution in [0, 0.1) is 11.8 Å². The number of piperidine rings is 1. The Morgan fingerprint density at radius 1 is 1.08 bits per heavy atom. The molecule has 2 fully saturated rings. The van der Waals surface area contributed by atoms with Gasteiger partial charge in [-0.05, 0) is 36.2 Å². The first-order chi connectivity index (χ1) is 18.8. The third kappa shape index (κ3) is 7.32. The highest BCUT2D eigenvalue weighted by molar-refractivity contribution is 5.83. The molecule has 5 rings (SSSR count). The Bertz CT molecular complexity index is 1240. The smallest absolute Gasteiger partial charge is 0.416 e.